The number of hydrogen-bond acceptors (Lipinski definition) is 5. The summed E-state index contributed by atoms with van der Waals surface area (Å²) >= 11 is 0. The van der Waals surface area contributed by atoms with Crippen LogP contribution in [0.1, 0.15) is 22.6 Å². The molecule has 6 nitrogen and oxygen atoms in total. The zero-order chi connectivity index (χ0) is 17.8. The fourth-order valence-electron chi connectivity index (χ4n) is 3.27. The van der Waals surface area contributed by atoms with E-state index in [-0.39, 0.29) is 5.91 Å². The van der Waals surface area contributed by atoms with Gasteiger partial charge < -0.3 is 15.2 Å². The predicted molar refractivity (Wildman–Crippen MR) is 96.0 cm³/mol. The van der Waals surface area contributed by atoms with Crippen molar-refractivity contribution in [2.75, 3.05) is 26.2 Å². The number of hydrogen-bond donors (Lipinski definition) is 1. The summed E-state index contributed by atoms with van der Waals surface area (Å²) in [5.41, 5.74) is 9.33. The second kappa shape index (κ2) is 7.80. The molecule has 1 unspecified atom stereocenters. The van der Waals surface area contributed by atoms with Crippen molar-refractivity contribution in [3.8, 4) is 0 Å². The summed E-state index contributed by atoms with van der Waals surface area (Å²) < 4.78 is 5.23. The van der Waals surface area contributed by atoms with Gasteiger partial charge in [0.25, 0.3) is 0 Å². The molecular weight excluding hydrogens is 316 g/mol. The quantitative estimate of drug-likeness (QED) is 0.891. The molecule has 1 fully saturated rings. The monoisotopic (exact) mass is 342 g/mol. The van der Waals surface area contributed by atoms with Crippen LogP contribution in [-0.4, -0.2) is 53.1 Å². The van der Waals surface area contributed by atoms with Crippen molar-refractivity contribution in [2.45, 2.75) is 32.9 Å². The Bertz CT molecular complexity index is 686. The highest BCUT2D eigenvalue weighted by Crippen LogP contribution is 2.16. The molecule has 6 heteroatoms. The van der Waals surface area contributed by atoms with Gasteiger partial charge >= 0.3 is 0 Å². The molecule has 1 atom stereocenters. The lowest BCUT2D eigenvalue weighted by atomic mass is 10.1. The lowest BCUT2D eigenvalue weighted by Gasteiger charge is -2.35. The van der Waals surface area contributed by atoms with Crippen molar-refractivity contribution in [3.05, 3.63) is 52.9 Å². The van der Waals surface area contributed by atoms with E-state index in [1.807, 2.05) is 49.1 Å². The lowest BCUT2D eigenvalue weighted by Crippen LogP contribution is -2.53. The number of aryl methyl sites for hydroxylation is 2. The molecule has 0 radical (unpaired) electrons. The number of piperazine rings is 1. The molecule has 2 N–H and O–H groups in total. The van der Waals surface area contributed by atoms with E-state index in [1.165, 1.54) is 0 Å². The third-order valence-electron chi connectivity index (χ3n) is 4.86. The first-order valence-corrected chi connectivity index (χ1v) is 8.77. The minimum atomic E-state index is -0.475. The zero-order valence-corrected chi connectivity index (χ0v) is 14.9. The molecule has 0 bridgehead atoms. The Kier molecular flexibility index (Phi) is 5.50. The molecule has 1 amide bonds. The van der Waals surface area contributed by atoms with Crippen LogP contribution in [0, 0.1) is 13.8 Å². The fourth-order valence-corrected chi connectivity index (χ4v) is 3.27. The molecule has 1 aliphatic heterocycles. The van der Waals surface area contributed by atoms with Crippen LogP contribution in [0.3, 0.4) is 0 Å². The molecule has 1 aromatic carbocycles. The van der Waals surface area contributed by atoms with Gasteiger partial charge in [-0.05, 0) is 25.8 Å². The predicted octanol–water partition coefficient (Wildman–Crippen LogP) is 1.51. The average molecular weight is 342 g/mol. The maximum atomic E-state index is 12.6. The average Bonchev–Trinajstić information content (AvgIpc) is 2.94. The minimum absolute atomic E-state index is 0.0424. The highest BCUT2D eigenvalue weighted by Gasteiger charge is 2.26. The van der Waals surface area contributed by atoms with Gasteiger partial charge in [0.2, 0.25) is 5.91 Å². The Labute approximate surface area is 148 Å². The second-order valence-corrected chi connectivity index (χ2v) is 6.70. The van der Waals surface area contributed by atoms with E-state index < -0.39 is 6.04 Å². The van der Waals surface area contributed by atoms with Gasteiger partial charge in [0.1, 0.15) is 5.76 Å². The third kappa shape index (κ3) is 4.27. The number of nitrogens with two attached hydrogens (primary N) is 1. The molecule has 0 saturated carbocycles. The van der Waals surface area contributed by atoms with E-state index in [4.69, 9.17) is 10.3 Å². The van der Waals surface area contributed by atoms with Crippen LogP contribution in [0.2, 0.25) is 0 Å². The van der Waals surface area contributed by atoms with Gasteiger partial charge in [-0.25, -0.2) is 0 Å². The van der Waals surface area contributed by atoms with E-state index in [2.05, 4.69) is 10.1 Å². The molecule has 134 valence electrons. The Morgan fingerprint density at radius 1 is 1.20 bits per heavy atom. The highest BCUT2D eigenvalue weighted by molar-refractivity contribution is 5.82. The molecule has 0 aliphatic carbocycles. The standard InChI is InChI=1S/C19H26N4O2/c1-14-17(15(2)25-21-14)13-22-8-10-23(11-9-22)19(24)18(20)12-16-6-4-3-5-7-16/h3-7,18H,8-13,20H2,1-2H3. The van der Waals surface area contributed by atoms with Crippen LogP contribution in [0.15, 0.2) is 34.9 Å². The van der Waals surface area contributed by atoms with Crippen molar-refractivity contribution in [2.24, 2.45) is 5.73 Å². The first-order valence-electron chi connectivity index (χ1n) is 8.77. The van der Waals surface area contributed by atoms with Crippen LogP contribution in [0.25, 0.3) is 0 Å². The third-order valence-corrected chi connectivity index (χ3v) is 4.86. The Hall–Kier alpha value is -2.18. The van der Waals surface area contributed by atoms with Crippen molar-refractivity contribution in [1.29, 1.82) is 0 Å². The number of nitrogens with zero attached hydrogens (tertiary/aromatic N) is 3. The van der Waals surface area contributed by atoms with E-state index in [1.54, 1.807) is 0 Å². The van der Waals surface area contributed by atoms with Crippen molar-refractivity contribution in [1.82, 2.24) is 15.0 Å². The molecule has 0 spiro atoms. The van der Waals surface area contributed by atoms with Crippen LogP contribution in [0.4, 0.5) is 0 Å². The van der Waals surface area contributed by atoms with Gasteiger partial charge in [-0.2, -0.15) is 0 Å². The van der Waals surface area contributed by atoms with Gasteiger partial charge in [0.15, 0.2) is 0 Å². The minimum Gasteiger partial charge on any atom is -0.361 e. The molecular formula is C19H26N4O2. The topological polar surface area (TPSA) is 75.6 Å². The maximum Gasteiger partial charge on any atom is 0.239 e. The van der Waals surface area contributed by atoms with Crippen molar-refractivity contribution < 1.29 is 9.32 Å². The molecule has 2 heterocycles. The maximum absolute atomic E-state index is 12.6. The van der Waals surface area contributed by atoms with E-state index in [0.29, 0.717) is 19.5 Å². The molecule has 2 aromatic rings. The SMILES string of the molecule is Cc1noc(C)c1CN1CCN(C(=O)C(N)Cc2ccccc2)CC1. The number of carbonyl (C=O) groups is 1. The van der Waals surface area contributed by atoms with E-state index in [0.717, 1.165) is 42.2 Å². The largest absolute Gasteiger partial charge is 0.361 e. The number of benzene rings is 1. The van der Waals surface area contributed by atoms with Gasteiger partial charge in [-0.1, -0.05) is 35.5 Å². The first-order chi connectivity index (χ1) is 12.0. The molecule has 1 aliphatic rings. The summed E-state index contributed by atoms with van der Waals surface area (Å²) in [6, 6.07) is 9.45. The Balaban J connectivity index is 1.50. The normalized spacial score (nSPS) is 16.8. The summed E-state index contributed by atoms with van der Waals surface area (Å²) in [5, 5.41) is 4.01. The summed E-state index contributed by atoms with van der Waals surface area (Å²) in [6.07, 6.45) is 0.582. The summed E-state index contributed by atoms with van der Waals surface area (Å²) in [7, 11) is 0. The molecule has 1 aromatic heterocycles. The molecule has 3 rings (SSSR count). The van der Waals surface area contributed by atoms with Crippen LogP contribution in [-0.2, 0) is 17.8 Å². The zero-order valence-electron chi connectivity index (χ0n) is 14.9. The summed E-state index contributed by atoms with van der Waals surface area (Å²) in [4.78, 5) is 16.8. The second-order valence-electron chi connectivity index (χ2n) is 6.70. The molecule has 1 saturated heterocycles. The van der Waals surface area contributed by atoms with Gasteiger partial charge in [-0.3, -0.25) is 9.69 Å². The molecule has 25 heavy (non-hydrogen) atoms. The number of aromatic nitrogens is 1. The first kappa shape index (κ1) is 17.6. The van der Waals surface area contributed by atoms with Crippen LogP contribution >= 0.6 is 0 Å². The van der Waals surface area contributed by atoms with Crippen LogP contribution in [0.5, 0.6) is 0 Å². The Morgan fingerprint density at radius 3 is 2.48 bits per heavy atom. The van der Waals surface area contributed by atoms with Gasteiger partial charge in [0, 0.05) is 38.3 Å². The summed E-state index contributed by atoms with van der Waals surface area (Å²) in [6.45, 7) is 7.84. The van der Waals surface area contributed by atoms with E-state index >= 15 is 0 Å². The summed E-state index contributed by atoms with van der Waals surface area (Å²) in [5.74, 6) is 0.918. The smallest absolute Gasteiger partial charge is 0.239 e. The van der Waals surface area contributed by atoms with Crippen molar-refractivity contribution in [3.63, 3.8) is 0 Å². The highest BCUT2D eigenvalue weighted by atomic mass is 16.5. The number of carbonyl (C=O) groups excluding carboxylic acids is 1. The Morgan fingerprint density at radius 2 is 1.88 bits per heavy atom. The number of amides is 1. The van der Waals surface area contributed by atoms with Crippen LogP contribution < -0.4 is 5.73 Å². The van der Waals surface area contributed by atoms with Gasteiger partial charge in [0.05, 0.1) is 11.7 Å². The number of rotatable bonds is 5. The van der Waals surface area contributed by atoms with E-state index in [9.17, 15) is 4.79 Å². The lowest BCUT2D eigenvalue weighted by molar-refractivity contribution is -0.134. The van der Waals surface area contributed by atoms with Gasteiger partial charge in [-0.15, -0.1) is 0 Å². The fraction of sp³-hybridized carbons (Fsp3) is 0.474. The van der Waals surface area contributed by atoms with Crippen molar-refractivity contribution >= 4 is 5.91 Å².